The molecular formula is C21H22IN3O2. The van der Waals surface area contributed by atoms with Gasteiger partial charge in [-0.1, -0.05) is 18.2 Å². The number of aliphatic hydroxyl groups excluding tert-OH is 1. The molecule has 2 aromatic carbocycles. The van der Waals surface area contributed by atoms with E-state index in [1.807, 2.05) is 84.4 Å². The first kappa shape index (κ1) is 19.4. The Labute approximate surface area is 172 Å². The number of amides is 1. The number of carbonyl (C=O) groups is 1. The largest absolute Gasteiger partial charge is 0.394 e. The summed E-state index contributed by atoms with van der Waals surface area (Å²) in [5, 5.41) is 12.8. The van der Waals surface area contributed by atoms with Crippen LogP contribution in [-0.4, -0.2) is 36.3 Å². The number of hydrogen-bond acceptors (Lipinski definition) is 3. The quantitative estimate of drug-likeness (QED) is 0.536. The molecule has 140 valence electrons. The minimum Gasteiger partial charge on any atom is -0.394 e. The summed E-state index contributed by atoms with van der Waals surface area (Å²) in [4.78, 5) is 14.9. The van der Waals surface area contributed by atoms with Gasteiger partial charge in [0.05, 0.1) is 12.6 Å². The number of nitrogens with zero attached hydrogens (tertiary/aromatic N) is 2. The Balaban J connectivity index is 1.85. The van der Waals surface area contributed by atoms with E-state index >= 15 is 0 Å². The summed E-state index contributed by atoms with van der Waals surface area (Å²) >= 11 is 2.25. The number of halogens is 1. The summed E-state index contributed by atoms with van der Waals surface area (Å²) in [6.07, 6.45) is 1.86. The van der Waals surface area contributed by atoms with E-state index in [-0.39, 0.29) is 12.5 Å². The first-order valence-corrected chi connectivity index (χ1v) is 9.70. The number of aliphatic hydroxyl groups is 1. The van der Waals surface area contributed by atoms with E-state index in [0.29, 0.717) is 5.69 Å². The number of carbonyl (C=O) groups excluding carboxylic acids is 1. The van der Waals surface area contributed by atoms with Crippen LogP contribution in [0.4, 0.5) is 5.69 Å². The Hall–Kier alpha value is -2.32. The first-order chi connectivity index (χ1) is 13.0. The van der Waals surface area contributed by atoms with Gasteiger partial charge in [0.15, 0.2) is 0 Å². The smallest absolute Gasteiger partial charge is 0.268 e. The van der Waals surface area contributed by atoms with Crippen LogP contribution in [0.25, 0.3) is 5.69 Å². The van der Waals surface area contributed by atoms with Crippen LogP contribution < -0.4 is 10.2 Å². The zero-order valence-electron chi connectivity index (χ0n) is 15.3. The predicted octanol–water partition coefficient (Wildman–Crippen LogP) is 3.61. The van der Waals surface area contributed by atoms with Gasteiger partial charge in [-0.2, -0.15) is 0 Å². The lowest BCUT2D eigenvalue weighted by atomic mass is 10.1. The average Bonchev–Trinajstić information content (AvgIpc) is 3.16. The highest BCUT2D eigenvalue weighted by Gasteiger charge is 2.18. The van der Waals surface area contributed by atoms with Crippen molar-refractivity contribution in [1.29, 1.82) is 0 Å². The molecule has 1 amide bonds. The number of benzene rings is 2. The maximum Gasteiger partial charge on any atom is 0.268 e. The maximum absolute atomic E-state index is 12.9. The molecule has 3 rings (SSSR count). The van der Waals surface area contributed by atoms with Gasteiger partial charge in [0.2, 0.25) is 0 Å². The summed E-state index contributed by atoms with van der Waals surface area (Å²) in [5.41, 5.74) is 3.33. The van der Waals surface area contributed by atoms with Crippen molar-refractivity contribution in [3.05, 3.63) is 81.7 Å². The van der Waals surface area contributed by atoms with Crippen molar-refractivity contribution in [3.63, 3.8) is 0 Å². The van der Waals surface area contributed by atoms with Crippen molar-refractivity contribution in [2.75, 3.05) is 25.6 Å². The molecule has 0 spiro atoms. The van der Waals surface area contributed by atoms with Gasteiger partial charge >= 0.3 is 0 Å². The van der Waals surface area contributed by atoms with Crippen molar-refractivity contribution in [1.82, 2.24) is 9.88 Å². The molecule has 1 heterocycles. The summed E-state index contributed by atoms with van der Waals surface area (Å²) in [6, 6.07) is 18.9. The van der Waals surface area contributed by atoms with Crippen LogP contribution in [0.5, 0.6) is 0 Å². The van der Waals surface area contributed by atoms with Crippen LogP contribution in [0.3, 0.4) is 0 Å². The Kier molecular flexibility index (Phi) is 6.18. The Morgan fingerprint density at radius 1 is 1.15 bits per heavy atom. The lowest BCUT2D eigenvalue weighted by Crippen LogP contribution is -2.32. The number of aromatic nitrogens is 1. The minimum atomic E-state index is -0.475. The number of rotatable bonds is 6. The molecule has 1 aromatic heterocycles. The van der Waals surface area contributed by atoms with Crippen LogP contribution in [0.1, 0.15) is 22.1 Å². The van der Waals surface area contributed by atoms with E-state index in [1.165, 1.54) is 0 Å². The van der Waals surface area contributed by atoms with Crippen molar-refractivity contribution >= 4 is 34.2 Å². The number of anilines is 1. The van der Waals surface area contributed by atoms with Gasteiger partial charge in [-0.25, -0.2) is 0 Å². The summed E-state index contributed by atoms with van der Waals surface area (Å²) < 4.78 is 2.95. The van der Waals surface area contributed by atoms with Gasteiger partial charge in [0.25, 0.3) is 5.91 Å². The van der Waals surface area contributed by atoms with Gasteiger partial charge < -0.3 is 19.9 Å². The fraction of sp³-hybridized carbons (Fsp3) is 0.190. The third-order valence-electron chi connectivity index (χ3n) is 4.34. The normalized spacial score (nSPS) is 11.9. The van der Waals surface area contributed by atoms with E-state index in [9.17, 15) is 9.90 Å². The minimum absolute atomic E-state index is 0.174. The Morgan fingerprint density at radius 3 is 2.63 bits per heavy atom. The SMILES string of the molecule is CN(C)c1cccc([C@H](CO)NC(=O)c2cccn2-c2cccc(I)c2)c1. The summed E-state index contributed by atoms with van der Waals surface area (Å²) in [6.45, 7) is -0.174. The number of nitrogens with one attached hydrogen (secondary N) is 1. The Morgan fingerprint density at radius 2 is 1.93 bits per heavy atom. The molecule has 0 bridgehead atoms. The third-order valence-corrected chi connectivity index (χ3v) is 5.02. The van der Waals surface area contributed by atoms with Crippen molar-refractivity contribution in [3.8, 4) is 5.69 Å². The second-order valence-electron chi connectivity index (χ2n) is 6.44. The van der Waals surface area contributed by atoms with Gasteiger partial charge in [0.1, 0.15) is 5.69 Å². The average molecular weight is 475 g/mol. The second-order valence-corrected chi connectivity index (χ2v) is 7.69. The molecule has 0 fully saturated rings. The standard InChI is InChI=1S/C21H22IN3O2/c1-24(2)17-8-3-6-15(12-17)19(14-26)23-21(27)20-10-5-11-25(20)18-9-4-7-16(22)13-18/h3-13,19,26H,14H2,1-2H3,(H,23,27)/t19-/m0/s1. The van der Waals surface area contributed by atoms with Crippen molar-refractivity contribution in [2.45, 2.75) is 6.04 Å². The molecule has 0 aliphatic rings. The molecule has 3 aromatic rings. The van der Waals surface area contributed by atoms with Gasteiger partial charge in [-0.05, 0) is 70.6 Å². The topological polar surface area (TPSA) is 57.5 Å². The molecule has 6 heteroatoms. The highest BCUT2D eigenvalue weighted by molar-refractivity contribution is 14.1. The molecule has 5 nitrogen and oxygen atoms in total. The molecule has 0 aliphatic carbocycles. The number of hydrogen-bond donors (Lipinski definition) is 2. The van der Waals surface area contributed by atoms with Crippen LogP contribution in [-0.2, 0) is 0 Å². The fourth-order valence-corrected chi connectivity index (χ4v) is 3.43. The van der Waals surface area contributed by atoms with E-state index in [0.717, 1.165) is 20.5 Å². The molecule has 0 saturated carbocycles. The van der Waals surface area contributed by atoms with Crippen molar-refractivity contribution in [2.24, 2.45) is 0 Å². The Bertz CT molecular complexity index is 936. The van der Waals surface area contributed by atoms with E-state index in [1.54, 1.807) is 6.07 Å². The highest BCUT2D eigenvalue weighted by atomic mass is 127. The molecular weight excluding hydrogens is 453 g/mol. The van der Waals surface area contributed by atoms with E-state index in [2.05, 4.69) is 27.9 Å². The molecule has 0 saturated heterocycles. The second kappa shape index (κ2) is 8.58. The van der Waals surface area contributed by atoms with Crippen LogP contribution in [0, 0.1) is 3.57 Å². The van der Waals surface area contributed by atoms with Crippen LogP contribution in [0.15, 0.2) is 66.9 Å². The molecule has 1 atom stereocenters. The highest BCUT2D eigenvalue weighted by Crippen LogP contribution is 2.21. The summed E-state index contributed by atoms with van der Waals surface area (Å²) in [7, 11) is 3.92. The fourth-order valence-electron chi connectivity index (χ4n) is 2.90. The zero-order valence-corrected chi connectivity index (χ0v) is 17.4. The van der Waals surface area contributed by atoms with Gasteiger partial charge in [0, 0.05) is 35.2 Å². The van der Waals surface area contributed by atoms with Crippen LogP contribution in [0.2, 0.25) is 0 Å². The lowest BCUT2D eigenvalue weighted by molar-refractivity contribution is 0.0909. The van der Waals surface area contributed by atoms with E-state index in [4.69, 9.17) is 0 Å². The van der Waals surface area contributed by atoms with E-state index < -0.39 is 6.04 Å². The monoisotopic (exact) mass is 475 g/mol. The molecule has 0 radical (unpaired) electrons. The van der Waals surface area contributed by atoms with Gasteiger partial charge in [-0.15, -0.1) is 0 Å². The third kappa shape index (κ3) is 4.51. The molecule has 27 heavy (non-hydrogen) atoms. The maximum atomic E-state index is 12.9. The molecule has 2 N–H and O–H groups in total. The zero-order chi connectivity index (χ0) is 19.4. The van der Waals surface area contributed by atoms with Crippen LogP contribution >= 0.6 is 22.6 Å². The lowest BCUT2D eigenvalue weighted by Gasteiger charge is -2.20. The summed E-state index contributed by atoms with van der Waals surface area (Å²) in [5.74, 6) is -0.229. The van der Waals surface area contributed by atoms with Gasteiger partial charge in [-0.3, -0.25) is 4.79 Å². The molecule has 0 unspecified atom stereocenters. The first-order valence-electron chi connectivity index (χ1n) is 8.62. The molecule has 0 aliphatic heterocycles. The van der Waals surface area contributed by atoms with Crippen molar-refractivity contribution < 1.29 is 9.90 Å². The predicted molar refractivity (Wildman–Crippen MR) is 117 cm³/mol.